The molecule has 0 aliphatic carbocycles. The van der Waals surface area contributed by atoms with Crippen molar-refractivity contribution >= 4 is 12.3 Å². The third kappa shape index (κ3) is 3.70. The average Bonchev–Trinajstić information content (AvgIpc) is 2.39. The third-order valence-corrected chi connectivity index (χ3v) is 2.69. The number of ether oxygens (including phenoxy) is 1. The van der Waals surface area contributed by atoms with Gasteiger partial charge in [-0.1, -0.05) is 44.2 Å². The number of rotatable bonds is 6. The van der Waals surface area contributed by atoms with Crippen LogP contribution in [0.5, 0.6) is 0 Å². The van der Waals surface area contributed by atoms with Crippen LogP contribution in [0.2, 0.25) is 0 Å². The van der Waals surface area contributed by atoms with E-state index in [1.807, 2.05) is 43.5 Å². The highest BCUT2D eigenvalue weighted by atomic mass is 16.6. The summed E-state index contributed by atoms with van der Waals surface area (Å²) >= 11 is 0. The molecule has 17 heavy (non-hydrogen) atoms. The Labute approximate surface area is 102 Å². The van der Waals surface area contributed by atoms with Gasteiger partial charge in [-0.25, -0.2) is 0 Å². The second-order valence-electron chi connectivity index (χ2n) is 3.94. The first-order valence-corrected chi connectivity index (χ1v) is 5.81. The summed E-state index contributed by atoms with van der Waals surface area (Å²) in [5.74, 6) is -0.369. The molecule has 1 rings (SSSR count). The van der Waals surface area contributed by atoms with Crippen molar-refractivity contribution in [1.29, 1.82) is 0 Å². The molecule has 0 aliphatic heterocycles. The molecule has 0 bridgehead atoms. The molecule has 3 nitrogen and oxygen atoms in total. The van der Waals surface area contributed by atoms with Gasteiger partial charge in [0.05, 0.1) is 0 Å². The summed E-state index contributed by atoms with van der Waals surface area (Å²) in [7, 11) is 0. The summed E-state index contributed by atoms with van der Waals surface area (Å²) in [5, 5.41) is 0. The zero-order valence-corrected chi connectivity index (χ0v) is 10.2. The van der Waals surface area contributed by atoms with Gasteiger partial charge in [0.25, 0.3) is 0 Å². The highest BCUT2D eigenvalue weighted by Crippen LogP contribution is 2.20. The first-order valence-electron chi connectivity index (χ1n) is 5.81. The highest BCUT2D eigenvalue weighted by Gasteiger charge is 2.33. The quantitative estimate of drug-likeness (QED) is 0.709. The summed E-state index contributed by atoms with van der Waals surface area (Å²) < 4.78 is 5.23. The van der Waals surface area contributed by atoms with Crippen LogP contribution in [0, 0.1) is 0 Å². The zero-order valence-electron chi connectivity index (χ0n) is 10.2. The molecular weight excluding hydrogens is 216 g/mol. The van der Waals surface area contributed by atoms with Crippen molar-refractivity contribution in [2.24, 2.45) is 0 Å². The molecule has 0 amide bonds. The third-order valence-electron chi connectivity index (χ3n) is 2.69. The van der Waals surface area contributed by atoms with Gasteiger partial charge in [-0.3, -0.25) is 9.59 Å². The van der Waals surface area contributed by atoms with E-state index in [1.54, 1.807) is 6.92 Å². The fourth-order valence-corrected chi connectivity index (χ4v) is 1.58. The number of carbonyl (C=O) groups is 1. The van der Waals surface area contributed by atoms with Crippen molar-refractivity contribution in [3.63, 3.8) is 0 Å². The van der Waals surface area contributed by atoms with Gasteiger partial charge in [-0.2, -0.15) is 0 Å². The Morgan fingerprint density at radius 3 is 2.41 bits per heavy atom. The minimum absolute atomic E-state index is 0.262. The van der Waals surface area contributed by atoms with Crippen molar-refractivity contribution < 1.29 is 14.3 Å². The second-order valence-corrected chi connectivity index (χ2v) is 3.94. The molecular formula is C14H17O3. The van der Waals surface area contributed by atoms with Gasteiger partial charge in [0, 0.05) is 12.8 Å². The first kappa shape index (κ1) is 13.4. The minimum Gasteiger partial charge on any atom is -0.450 e. The fourth-order valence-electron chi connectivity index (χ4n) is 1.58. The highest BCUT2D eigenvalue weighted by molar-refractivity contribution is 5.75. The second kappa shape index (κ2) is 6.18. The number of benzene rings is 1. The van der Waals surface area contributed by atoms with E-state index in [1.165, 1.54) is 0 Å². The van der Waals surface area contributed by atoms with Crippen LogP contribution in [0.25, 0.3) is 0 Å². The summed E-state index contributed by atoms with van der Waals surface area (Å²) in [6, 6.07) is 9.49. The Balaban J connectivity index is 2.84. The van der Waals surface area contributed by atoms with E-state index >= 15 is 0 Å². The lowest BCUT2D eigenvalue weighted by Crippen LogP contribution is -2.38. The van der Waals surface area contributed by atoms with Gasteiger partial charge in [0.2, 0.25) is 6.29 Å². The van der Waals surface area contributed by atoms with E-state index in [4.69, 9.17) is 4.74 Å². The molecule has 0 N–H and O–H groups in total. The molecule has 0 aliphatic rings. The van der Waals surface area contributed by atoms with Crippen molar-refractivity contribution in [3.8, 4) is 0 Å². The number of hydrogen-bond donors (Lipinski definition) is 0. The van der Waals surface area contributed by atoms with Gasteiger partial charge in [-0.05, 0) is 12.0 Å². The molecule has 0 fully saturated rings. The molecule has 0 saturated heterocycles. The fraction of sp³-hybridized carbons (Fsp3) is 0.429. The van der Waals surface area contributed by atoms with Crippen LogP contribution in [0.4, 0.5) is 0 Å². The SMILES string of the molecule is CCC(=O)OC([C]=O)(CC)Cc1ccccc1. The maximum absolute atomic E-state index is 11.3. The Morgan fingerprint density at radius 2 is 1.94 bits per heavy atom. The van der Waals surface area contributed by atoms with Crippen LogP contribution in [-0.4, -0.2) is 17.9 Å². The van der Waals surface area contributed by atoms with Crippen molar-refractivity contribution in [2.45, 2.75) is 38.7 Å². The van der Waals surface area contributed by atoms with E-state index in [9.17, 15) is 9.59 Å². The predicted molar refractivity (Wildman–Crippen MR) is 65.2 cm³/mol. The van der Waals surface area contributed by atoms with Crippen molar-refractivity contribution in [1.82, 2.24) is 0 Å². The maximum Gasteiger partial charge on any atom is 0.306 e. The van der Waals surface area contributed by atoms with Gasteiger partial charge >= 0.3 is 5.97 Å². The lowest BCUT2D eigenvalue weighted by Gasteiger charge is -2.25. The Hall–Kier alpha value is -1.64. The van der Waals surface area contributed by atoms with Crippen LogP contribution in [0.3, 0.4) is 0 Å². The lowest BCUT2D eigenvalue weighted by molar-refractivity contribution is -0.153. The predicted octanol–water partition coefficient (Wildman–Crippen LogP) is 2.44. The molecule has 3 heteroatoms. The Morgan fingerprint density at radius 1 is 1.29 bits per heavy atom. The summed E-state index contributed by atoms with van der Waals surface area (Å²) in [5.41, 5.74) is -0.185. The van der Waals surface area contributed by atoms with Gasteiger partial charge < -0.3 is 4.74 Å². The summed E-state index contributed by atoms with van der Waals surface area (Å²) in [6.07, 6.45) is 2.95. The van der Waals surface area contributed by atoms with Gasteiger partial charge in [-0.15, -0.1) is 0 Å². The molecule has 0 saturated carbocycles. The van der Waals surface area contributed by atoms with Crippen LogP contribution in [0.15, 0.2) is 30.3 Å². The minimum atomic E-state index is -1.14. The normalized spacial score (nSPS) is 13.8. The summed E-state index contributed by atoms with van der Waals surface area (Å²) in [4.78, 5) is 22.4. The average molecular weight is 233 g/mol. The van der Waals surface area contributed by atoms with Crippen molar-refractivity contribution in [2.75, 3.05) is 0 Å². The molecule has 1 atom stereocenters. The van der Waals surface area contributed by atoms with E-state index < -0.39 is 5.60 Å². The van der Waals surface area contributed by atoms with Gasteiger partial charge in [0.15, 0.2) is 5.60 Å². The monoisotopic (exact) mass is 233 g/mol. The van der Waals surface area contributed by atoms with Crippen LogP contribution < -0.4 is 0 Å². The van der Waals surface area contributed by atoms with Gasteiger partial charge in [0.1, 0.15) is 0 Å². The number of esters is 1. The van der Waals surface area contributed by atoms with Crippen molar-refractivity contribution in [3.05, 3.63) is 35.9 Å². The largest absolute Gasteiger partial charge is 0.450 e. The number of carbonyl (C=O) groups excluding carboxylic acids is 2. The van der Waals surface area contributed by atoms with E-state index in [0.29, 0.717) is 12.8 Å². The standard InChI is InChI=1S/C14H17O3/c1-3-13(16)17-14(4-2,11-15)10-12-8-6-5-7-9-12/h5-9H,3-4,10H2,1-2H3. The molecule has 1 unspecified atom stereocenters. The number of hydrogen-bond acceptors (Lipinski definition) is 3. The summed E-state index contributed by atoms with van der Waals surface area (Å²) in [6.45, 7) is 3.52. The topological polar surface area (TPSA) is 43.4 Å². The van der Waals surface area contributed by atoms with E-state index in [-0.39, 0.29) is 12.4 Å². The molecule has 0 aromatic heterocycles. The van der Waals surface area contributed by atoms with Crippen LogP contribution in [-0.2, 0) is 20.7 Å². The Kier molecular flexibility index (Phi) is 4.88. The molecule has 0 spiro atoms. The Bertz CT molecular complexity index is 372. The molecule has 0 heterocycles. The molecule has 91 valence electrons. The van der Waals surface area contributed by atoms with Crippen LogP contribution >= 0.6 is 0 Å². The van der Waals surface area contributed by atoms with Crippen LogP contribution in [0.1, 0.15) is 32.3 Å². The van der Waals surface area contributed by atoms with E-state index in [2.05, 4.69) is 0 Å². The maximum atomic E-state index is 11.3. The zero-order chi connectivity index (χ0) is 12.7. The first-order chi connectivity index (χ1) is 8.15. The van der Waals surface area contributed by atoms with E-state index in [0.717, 1.165) is 5.56 Å². The molecule has 1 aromatic carbocycles. The molecule has 1 radical (unpaired) electrons. The molecule has 1 aromatic rings. The lowest BCUT2D eigenvalue weighted by atomic mass is 9.93. The smallest absolute Gasteiger partial charge is 0.306 e.